The Balaban J connectivity index is 5.07. The second kappa shape index (κ2) is 8.14. The Hall–Kier alpha value is -1.83. The van der Waals surface area contributed by atoms with Gasteiger partial charge in [-0.1, -0.05) is 13.8 Å². The molecule has 0 unspecified atom stereocenters. The molecular formula is C15H28N2O6. The topological polar surface area (TPSA) is 114 Å². The summed E-state index contributed by atoms with van der Waals surface area (Å²) < 4.78 is 9.69. The molecule has 0 fully saturated rings. The molecule has 0 bridgehead atoms. The van der Waals surface area contributed by atoms with Crippen molar-refractivity contribution in [1.82, 2.24) is 10.6 Å². The minimum Gasteiger partial charge on any atom is -0.467 e. The third-order valence-corrected chi connectivity index (χ3v) is 2.97. The quantitative estimate of drug-likeness (QED) is 0.613. The van der Waals surface area contributed by atoms with Gasteiger partial charge in [-0.2, -0.15) is 0 Å². The van der Waals surface area contributed by atoms with Gasteiger partial charge < -0.3 is 25.2 Å². The Labute approximate surface area is 136 Å². The second-order valence-electron chi connectivity index (χ2n) is 6.84. The van der Waals surface area contributed by atoms with Crippen molar-refractivity contribution in [3.8, 4) is 0 Å². The molecule has 0 saturated carbocycles. The Morgan fingerprint density at radius 2 is 1.65 bits per heavy atom. The number of carbonyl (C=O) groups excluding carboxylic acids is 3. The molecule has 0 aromatic heterocycles. The minimum absolute atomic E-state index is 0.261. The number of ether oxygens (including phenoxy) is 2. The second-order valence-corrected chi connectivity index (χ2v) is 6.84. The van der Waals surface area contributed by atoms with Crippen molar-refractivity contribution in [2.45, 2.75) is 58.7 Å². The van der Waals surface area contributed by atoms with Gasteiger partial charge in [0.25, 0.3) is 0 Å². The molecule has 0 aromatic rings. The van der Waals surface area contributed by atoms with Crippen LogP contribution in [0.15, 0.2) is 0 Å². The summed E-state index contributed by atoms with van der Waals surface area (Å²) in [6.07, 6.45) is -0.741. The Bertz CT molecular complexity index is 444. The van der Waals surface area contributed by atoms with Gasteiger partial charge in [0.15, 0.2) is 5.54 Å². The monoisotopic (exact) mass is 332 g/mol. The summed E-state index contributed by atoms with van der Waals surface area (Å²) in [6, 6.07) is -0.930. The van der Waals surface area contributed by atoms with Gasteiger partial charge in [-0.3, -0.25) is 4.79 Å². The molecule has 134 valence electrons. The number of aliphatic hydroxyl groups is 1. The summed E-state index contributed by atoms with van der Waals surface area (Å²) in [7, 11) is 1.15. The molecule has 0 aromatic carbocycles. The van der Waals surface area contributed by atoms with E-state index >= 15 is 0 Å². The molecule has 3 N–H and O–H groups in total. The van der Waals surface area contributed by atoms with E-state index in [-0.39, 0.29) is 5.92 Å². The van der Waals surface area contributed by atoms with Crippen LogP contribution in [0.4, 0.5) is 4.79 Å². The number of esters is 1. The zero-order valence-electron chi connectivity index (χ0n) is 14.9. The zero-order chi connectivity index (χ0) is 18.4. The van der Waals surface area contributed by atoms with E-state index in [1.807, 2.05) is 0 Å². The first-order valence-electron chi connectivity index (χ1n) is 7.37. The highest BCUT2D eigenvalue weighted by molar-refractivity contribution is 5.91. The van der Waals surface area contributed by atoms with Crippen molar-refractivity contribution >= 4 is 18.0 Å². The fourth-order valence-corrected chi connectivity index (χ4v) is 1.70. The Kier molecular flexibility index (Phi) is 7.50. The van der Waals surface area contributed by atoms with Crippen molar-refractivity contribution in [2.24, 2.45) is 5.92 Å². The van der Waals surface area contributed by atoms with Crippen molar-refractivity contribution in [3.63, 3.8) is 0 Å². The van der Waals surface area contributed by atoms with Crippen LogP contribution in [0.5, 0.6) is 0 Å². The van der Waals surface area contributed by atoms with Gasteiger partial charge >= 0.3 is 12.1 Å². The summed E-state index contributed by atoms with van der Waals surface area (Å²) in [5.74, 6) is -1.66. The van der Waals surface area contributed by atoms with E-state index in [1.165, 1.54) is 6.92 Å². The number of rotatable bonds is 6. The normalized spacial score (nSPS) is 15.3. The third-order valence-electron chi connectivity index (χ3n) is 2.97. The van der Waals surface area contributed by atoms with E-state index in [1.54, 1.807) is 34.6 Å². The lowest BCUT2D eigenvalue weighted by atomic mass is 9.99. The standard InChI is InChI=1S/C15H28N2O6/c1-9(2)10(16-13(21)23-14(3,4)5)11(19)17-15(6,8-18)12(20)22-7/h9-10,18H,8H2,1-7H3,(H,16,21)(H,17,19)/t10-,15-/m0/s1. The van der Waals surface area contributed by atoms with E-state index in [9.17, 15) is 19.5 Å². The lowest BCUT2D eigenvalue weighted by Crippen LogP contribution is -2.61. The third kappa shape index (κ3) is 6.85. The number of nitrogens with one attached hydrogen (secondary N) is 2. The molecule has 0 saturated heterocycles. The maximum atomic E-state index is 12.4. The molecule has 0 aliphatic rings. The van der Waals surface area contributed by atoms with E-state index < -0.39 is 41.8 Å². The average molecular weight is 332 g/mol. The predicted octanol–water partition coefficient (Wildman–Crippen LogP) is 0.576. The lowest BCUT2D eigenvalue weighted by Gasteiger charge is -2.30. The smallest absolute Gasteiger partial charge is 0.408 e. The van der Waals surface area contributed by atoms with Gasteiger partial charge in [-0.15, -0.1) is 0 Å². The van der Waals surface area contributed by atoms with Crippen LogP contribution in [0.2, 0.25) is 0 Å². The molecule has 0 heterocycles. The van der Waals surface area contributed by atoms with Crippen LogP contribution in [0.25, 0.3) is 0 Å². The van der Waals surface area contributed by atoms with Crippen molar-refractivity contribution in [2.75, 3.05) is 13.7 Å². The molecule has 2 atom stereocenters. The SMILES string of the molecule is COC(=O)[C@](C)(CO)NC(=O)[C@@H](NC(=O)OC(C)(C)C)C(C)C. The first kappa shape index (κ1) is 21.2. The molecule has 0 aliphatic heterocycles. The van der Waals surface area contributed by atoms with Crippen LogP contribution >= 0.6 is 0 Å². The Morgan fingerprint density at radius 3 is 2.00 bits per heavy atom. The number of aliphatic hydroxyl groups excluding tert-OH is 1. The van der Waals surface area contributed by atoms with Crippen molar-refractivity contribution in [3.05, 3.63) is 0 Å². The summed E-state index contributed by atoms with van der Waals surface area (Å²) in [6.45, 7) is 9.28. The van der Waals surface area contributed by atoms with Crippen LogP contribution in [0.1, 0.15) is 41.5 Å². The molecule has 0 aliphatic carbocycles. The highest BCUT2D eigenvalue weighted by Gasteiger charge is 2.38. The molecule has 2 amide bonds. The highest BCUT2D eigenvalue weighted by Crippen LogP contribution is 2.11. The number of carbonyl (C=O) groups is 3. The van der Waals surface area contributed by atoms with Gasteiger partial charge in [0.05, 0.1) is 13.7 Å². The number of hydrogen-bond acceptors (Lipinski definition) is 6. The van der Waals surface area contributed by atoms with Gasteiger partial charge in [-0.25, -0.2) is 9.59 Å². The highest BCUT2D eigenvalue weighted by atomic mass is 16.6. The van der Waals surface area contributed by atoms with E-state index in [4.69, 9.17) is 4.74 Å². The van der Waals surface area contributed by atoms with Gasteiger partial charge in [0.1, 0.15) is 11.6 Å². The van der Waals surface area contributed by atoms with Crippen LogP contribution in [-0.2, 0) is 19.1 Å². The Morgan fingerprint density at radius 1 is 1.13 bits per heavy atom. The maximum Gasteiger partial charge on any atom is 0.408 e. The van der Waals surface area contributed by atoms with Crippen molar-refractivity contribution < 1.29 is 29.0 Å². The van der Waals surface area contributed by atoms with Gasteiger partial charge in [0, 0.05) is 0 Å². The summed E-state index contributed by atoms with van der Waals surface area (Å²) in [5.41, 5.74) is -2.29. The fraction of sp³-hybridized carbons (Fsp3) is 0.800. The minimum atomic E-state index is -1.59. The zero-order valence-corrected chi connectivity index (χ0v) is 14.9. The van der Waals surface area contributed by atoms with Gasteiger partial charge in [0.2, 0.25) is 5.91 Å². The predicted molar refractivity (Wildman–Crippen MR) is 83.6 cm³/mol. The molecule has 0 rings (SSSR count). The summed E-state index contributed by atoms with van der Waals surface area (Å²) >= 11 is 0. The van der Waals surface area contributed by atoms with Gasteiger partial charge in [-0.05, 0) is 33.6 Å². The molecule has 0 radical (unpaired) electrons. The lowest BCUT2D eigenvalue weighted by molar-refractivity contribution is -0.152. The van der Waals surface area contributed by atoms with E-state index in [0.29, 0.717) is 0 Å². The van der Waals surface area contributed by atoms with Crippen LogP contribution in [-0.4, -0.2) is 54.0 Å². The van der Waals surface area contributed by atoms with Crippen molar-refractivity contribution in [1.29, 1.82) is 0 Å². The molecule has 8 nitrogen and oxygen atoms in total. The van der Waals surface area contributed by atoms with Crippen LogP contribution in [0.3, 0.4) is 0 Å². The number of methoxy groups -OCH3 is 1. The molecule has 0 spiro atoms. The van der Waals surface area contributed by atoms with Crippen LogP contribution in [0, 0.1) is 5.92 Å². The van der Waals surface area contributed by atoms with E-state index in [2.05, 4.69) is 15.4 Å². The van der Waals surface area contributed by atoms with Crippen LogP contribution < -0.4 is 10.6 Å². The number of hydrogen-bond donors (Lipinski definition) is 3. The average Bonchev–Trinajstić information content (AvgIpc) is 2.41. The molecule has 8 heteroatoms. The summed E-state index contributed by atoms with van der Waals surface area (Å²) in [5, 5.41) is 14.2. The maximum absolute atomic E-state index is 12.4. The fourth-order valence-electron chi connectivity index (χ4n) is 1.70. The van der Waals surface area contributed by atoms with E-state index in [0.717, 1.165) is 7.11 Å². The number of alkyl carbamates (subject to hydrolysis) is 1. The molecule has 23 heavy (non-hydrogen) atoms. The summed E-state index contributed by atoms with van der Waals surface area (Å²) in [4.78, 5) is 35.9. The largest absolute Gasteiger partial charge is 0.467 e. The first-order valence-corrected chi connectivity index (χ1v) is 7.37. The molecular weight excluding hydrogens is 304 g/mol. The number of amides is 2. The first-order chi connectivity index (χ1) is 10.4.